The van der Waals surface area contributed by atoms with Crippen LogP contribution in [-0.2, 0) is 6.54 Å². The van der Waals surface area contributed by atoms with Crippen molar-refractivity contribution in [3.63, 3.8) is 0 Å². The fraction of sp³-hybridized carbons (Fsp3) is 0.562. The van der Waals surface area contributed by atoms with Gasteiger partial charge in [-0.1, -0.05) is 25.7 Å². The van der Waals surface area contributed by atoms with Gasteiger partial charge in [-0.2, -0.15) is 0 Å². The number of hydrogen-bond donors (Lipinski definition) is 1. The number of aromatic carboxylic acids is 1. The number of carboxylic acid groups (broad SMARTS) is 1. The molecule has 1 aromatic carbocycles. The smallest absolute Gasteiger partial charge is 0.336 e. The average Bonchev–Trinajstić information content (AvgIpc) is 2.67. The van der Waals surface area contributed by atoms with E-state index in [4.69, 9.17) is 0 Å². The second-order valence-corrected chi connectivity index (χ2v) is 5.67. The van der Waals surface area contributed by atoms with E-state index >= 15 is 0 Å². The van der Waals surface area contributed by atoms with Crippen LogP contribution in [0.15, 0.2) is 18.2 Å². The molecule has 2 rings (SSSR count). The Morgan fingerprint density at radius 3 is 2.55 bits per heavy atom. The predicted octanol–water partition coefficient (Wildman–Crippen LogP) is 3.68. The first-order valence-electron chi connectivity index (χ1n) is 7.30. The molecule has 1 fully saturated rings. The Labute approximate surface area is 119 Å². The fourth-order valence-corrected chi connectivity index (χ4v) is 3.00. The maximum Gasteiger partial charge on any atom is 0.336 e. The van der Waals surface area contributed by atoms with Gasteiger partial charge in [0, 0.05) is 12.6 Å². The van der Waals surface area contributed by atoms with Gasteiger partial charge in [-0.3, -0.25) is 4.90 Å². The highest BCUT2D eigenvalue weighted by Gasteiger charge is 2.19. The Hall–Kier alpha value is -1.42. The second-order valence-electron chi connectivity index (χ2n) is 5.67. The van der Waals surface area contributed by atoms with E-state index < -0.39 is 5.97 Å². The van der Waals surface area contributed by atoms with Gasteiger partial charge in [-0.25, -0.2) is 9.18 Å². The van der Waals surface area contributed by atoms with E-state index in [9.17, 15) is 14.3 Å². The molecule has 3 nitrogen and oxygen atoms in total. The molecule has 1 aliphatic rings. The zero-order chi connectivity index (χ0) is 14.5. The summed E-state index contributed by atoms with van der Waals surface area (Å²) in [5.74, 6) is -1.37. The summed E-state index contributed by atoms with van der Waals surface area (Å²) < 4.78 is 13.4. The molecule has 1 aliphatic carbocycles. The third-order valence-corrected chi connectivity index (χ3v) is 4.17. The summed E-state index contributed by atoms with van der Waals surface area (Å²) >= 11 is 0. The molecule has 110 valence electrons. The molecule has 1 N–H and O–H groups in total. The van der Waals surface area contributed by atoms with Gasteiger partial charge in [-0.15, -0.1) is 0 Å². The Kier molecular flexibility index (Phi) is 5.12. The van der Waals surface area contributed by atoms with Crippen molar-refractivity contribution in [2.75, 3.05) is 7.05 Å². The summed E-state index contributed by atoms with van der Waals surface area (Å²) in [5.41, 5.74) is 0.760. The lowest BCUT2D eigenvalue weighted by molar-refractivity contribution is 0.0694. The number of halogens is 1. The third kappa shape index (κ3) is 3.79. The Balaban J connectivity index is 2.11. The minimum Gasteiger partial charge on any atom is -0.478 e. The molecule has 0 aliphatic heterocycles. The van der Waals surface area contributed by atoms with Crippen LogP contribution in [0.2, 0.25) is 0 Å². The largest absolute Gasteiger partial charge is 0.478 e. The standard InChI is InChI=1S/C16H22FNO2/c1-18(14-6-4-2-3-5-7-14)11-12-10-13(17)8-9-15(12)16(19)20/h8-10,14H,2-7,11H2,1H3,(H,19,20). The monoisotopic (exact) mass is 279 g/mol. The summed E-state index contributed by atoms with van der Waals surface area (Å²) in [6.45, 7) is 0.490. The van der Waals surface area contributed by atoms with Crippen LogP contribution in [0.5, 0.6) is 0 Å². The molecule has 0 amide bonds. The van der Waals surface area contributed by atoms with E-state index in [0.717, 1.165) is 12.8 Å². The summed E-state index contributed by atoms with van der Waals surface area (Å²) in [6, 6.07) is 4.38. The van der Waals surface area contributed by atoms with E-state index in [1.54, 1.807) is 0 Å². The van der Waals surface area contributed by atoms with Crippen LogP contribution < -0.4 is 0 Å². The number of nitrogens with zero attached hydrogens (tertiary/aromatic N) is 1. The average molecular weight is 279 g/mol. The molecule has 1 aromatic rings. The van der Waals surface area contributed by atoms with Crippen LogP contribution in [0.25, 0.3) is 0 Å². The van der Waals surface area contributed by atoms with Crippen LogP contribution >= 0.6 is 0 Å². The molecule has 0 unspecified atom stereocenters. The zero-order valence-corrected chi connectivity index (χ0v) is 11.9. The Bertz CT molecular complexity index is 468. The van der Waals surface area contributed by atoms with Gasteiger partial charge in [0.15, 0.2) is 0 Å². The van der Waals surface area contributed by atoms with Gasteiger partial charge in [0.25, 0.3) is 0 Å². The second kappa shape index (κ2) is 6.84. The molecule has 0 bridgehead atoms. The first kappa shape index (κ1) is 15.0. The number of benzene rings is 1. The summed E-state index contributed by atoms with van der Waals surface area (Å²) in [4.78, 5) is 13.4. The molecule has 0 saturated heterocycles. The van der Waals surface area contributed by atoms with Crippen LogP contribution in [0.4, 0.5) is 4.39 Å². The molecule has 0 spiro atoms. The molecule has 0 radical (unpaired) electrons. The SMILES string of the molecule is CN(Cc1cc(F)ccc1C(=O)O)C1CCCCCC1. The van der Waals surface area contributed by atoms with Crippen LogP contribution in [0, 0.1) is 5.82 Å². The van der Waals surface area contributed by atoms with Crippen molar-refractivity contribution < 1.29 is 14.3 Å². The maximum absolute atomic E-state index is 13.4. The highest BCUT2D eigenvalue weighted by atomic mass is 19.1. The Morgan fingerprint density at radius 1 is 1.30 bits per heavy atom. The topological polar surface area (TPSA) is 40.5 Å². The van der Waals surface area contributed by atoms with E-state index in [1.807, 2.05) is 7.05 Å². The normalized spacial score (nSPS) is 17.1. The van der Waals surface area contributed by atoms with E-state index in [2.05, 4.69) is 4.90 Å². The lowest BCUT2D eigenvalue weighted by atomic mass is 10.0. The number of rotatable bonds is 4. The van der Waals surface area contributed by atoms with Crippen molar-refractivity contribution in [2.24, 2.45) is 0 Å². The fourth-order valence-electron chi connectivity index (χ4n) is 3.00. The molecule has 1 saturated carbocycles. The molecule has 0 atom stereocenters. The lowest BCUT2D eigenvalue weighted by Crippen LogP contribution is -2.31. The minimum absolute atomic E-state index is 0.201. The highest BCUT2D eigenvalue weighted by Crippen LogP contribution is 2.23. The van der Waals surface area contributed by atoms with Crippen LogP contribution in [-0.4, -0.2) is 29.1 Å². The molecule has 0 aromatic heterocycles. The quantitative estimate of drug-likeness (QED) is 0.855. The first-order chi connectivity index (χ1) is 9.58. The molecular weight excluding hydrogens is 257 g/mol. The van der Waals surface area contributed by atoms with Gasteiger partial charge in [-0.05, 0) is 43.7 Å². The van der Waals surface area contributed by atoms with Crippen molar-refractivity contribution in [2.45, 2.75) is 51.1 Å². The highest BCUT2D eigenvalue weighted by molar-refractivity contribution is 5.89. The number of hydrogen-bond acceptors (Lipinski definition) is 2. The molecule has 0 heterocycles. The molecule has 20 heavy (non-hydrogen) atoms. The lowest BCUT2D eigenvalue weighted by Gasteiger charge is -2.27. The van der Waals surface area contributed by atoms with Gasteiger partial charge < -0.3 is 5.11 Å². The minimum atomic E-state index is -0.991. The van der Waals surface area contributed by atoms with E-state index in [-0.39, 0.29) is 11.4 Å². The van der Waals surface area contributed by atoms with Crippen molar-refractivity contribution in [3.05, 3.63) is 35.1 Å². The van der Waals surface area contributed by atoms with E-state index in [1.165, 1.54) is 43.9 Å². The van der Waals surface area contributed by atoms with Crippen molar-refractivity contribution in [1.29, 1.82) is 0 Å². The summed E-state index contributed by atoms with van der Waals surface area (Å²) in [5, 5.41) is 9.18. The first-order valence-corrected chi connectivity index (χ1v) is 7.30. The van der Waals surface area contributed by atoms with Crippen LogP contribution in [0.3, 0.4) is 0 Å². The van der Waals surface area contributed by atoms with E-state index in [0.29, 0.717) is 18.2 Å². The summed E-state index contributed by atoms with van der Waals surface area (Å²) in [6.07, 6.45) is 7.31. The maximum atomic E-state index is 13.4. The third-order valence-electron chi connectivity index (χ3n) is 4.17. The van der Waals surface area contributed by atoms with Crippen molar-refractivity contribution in [3.8, 4) is 0 Å². The van der Waals surface area contributed by atoms with Crippen molar-refractivity contribution in [1.82, 2.24) is 4.90 Å². The van der Waals surface area contributed by atoms with Gasteiger partial charge >= 0.3 is 5.97 Å². The van der Waals surface area contributed by atoms with Gasteiger partial charge in [0.05, 0.1) is 5.56 Å². The van der Waals surface area contributed by atoms with Gasteiger partial charge in [0.1, 0.15) is 5.82 Å². The molecular formula is C16H22FNO2. The van der Waals surface area contributed by atoms with Gasteiger partial charge in [0.2, 0.25) is 0 Å². The van der Waals surface area contributed by atoms with Crippen LogP contribution in [0.1, 0.15) is 54.4 Å². The Morgan fingerprint density at radius 2 is 1.95 bits per heavy atom. The van der Waals surface area contributed by atoms with Crippen molar-refractivity contribution >= 4 is 5.97 Å². The predicted molar refractivity (Wildman–Crippen MR) is 76.3 cm³/mol. The number of carboxylic acids is 1. The zero-order valence-electron chi connectivity index (χ0n) is 11.9. The number of carbonyl (C=O) groups is 1. The molecule has 4 heteroatoms. The summed E-state index contributed by atoms with van der Waals surface area (Å²) in [7, 11) is 2.01.